The van der Waals surface area contributed by atoms with Gasteiger partial charge in [0.25, 0.3) is 5.91 Å². The second-order valence-electron chi connectivity index (χ2n) is 2.92. The average Bonchev–Trinajstić information content (AvgIpc) is 2.16. The summed E-state index contributed by atoms with van der Waals surface area (Å²) in [4.78, 5) is 15.1. The van der Waals surface area contributed by atoms with Gasteiger partial charge in [0.15, 0.2) is 5.96 Å². The Morgan fingerprint density at radius 2 is 2.00 bits per heavy atom. The van der Waals surface area contributed by atoms with E-state index in [4.69, 9.17) is 11.5 Å². The van der Waals surface area contributed by atoms with Gasteiger partial charge in [-0.2, -0.15) is 13.4 Å². The monoisotopic (exact) mass is 259 g/mol. The Kier molecular flexibility index (Phi) is 3.91. The van der Waals surface area contributed by atoms with E-state index in [9.17, 15) is 13.2 Å². The van der Waals surface area contributed by atoms with Gasteiger partial charge < -0.3 is 11.5 Å². The molecule has 1 aliphatic rings. The highest BCUT2D eigenvalue weighted by Gasteiger charge is 2.18. The zero-order valence-corrected chi connectivity index (χ0v) is 9.75. The molecule has 1 rings (SSSR count). The van der Waals surface area contributed by atoms with Gasteiger partial charge in [-0.3, -0.25) is 4.79 Å². The van der Waals surface area contributed by atoms with Gasteiger partial charge >= 0.3 is 0 Å². The maximum absolute atomic E-state index is 11.4. The van der Waals surface area contributed by atoms with Crippen molar-refractivity contribution in [2.45, 2.75) is 6.42 Å². The highest BCUT2D eigenvalue weighted by Crippen LogP contribution is 2.19. The van der Waals surface area contributed by atoms with Crippen LogP contribution in [0, 0.1) is 0 Å². The normalized spacial score (nSPS) is 14.9. The minimum Gasteiger partial charge on any atom is -0.370 e. The lowest BCUT2D eigenvalue weighted by molar-refractivity contribution is -0.114. The van der Waals surface area contributed by atoms with Gasteiger partial charge in [0.1, 0.15) is 0 Å². The number of hydrogen-bond acceptors (Lipinski definition) is 4. The van der Waals surface area contributed by atoms with Crippen LogP contribution in [0.2, 0.25) is 0 Å². The molecule has 0 aromatic heterocycles. The summed E-state index contributed by atoms with van der Waals surface area (Å²) in [5.74, 6) is -1.02. The average molecular weight is 259 g/mol. The van der Waals surface area contributed by atoms with Crippen molar-refractivity contribution in [2.75, 3.05) is 0 Å². The van der Waals surface area contributed by atoms with Crippen LogP contribution in [-0.4, -0.2) is 25.1 Å². The maximum Gasteiger partial charge on any atom is 0.276 e. The Hall–Kier alpha value is -1.54. The zero-order valence-electron chi connectivity index (χ0n) is 8.04. The number of carbonyl (C=O) groups is 1. The van der Waals surface area contributed by atoms with Crippen LogP contribution in [0.4, 0.5) is 0 Å². The summed E-state index contributed by atoms with van der Waals surface area (Å²) < 4.78 is 21.6. The Labute approximate surface area is 98.7 Å². The fraction of sp³-hybridized carbons (Fsp3) is 0.125. The molecule has 0 saturated heterocycles. The first-order valence-electron chi connectivity index (χ1n) is 4.11. The molecule has 0 aromatic carbocycles. The molecule has 8 heteroatoms. The summed E-state index contributed by atoms with van der Waals surface area (Å²) in [7, 11) is -2.41. The van der Waals surface area contributed by atoms with Crippen LogP contribution < -0.4 is 11.5 Å². The molecule has 0 unspecified atom stereocenters. The van der Waals surface area contributed by atoms with E-state index in [1.54, 1.807) is 0 Å². The third-order valence-corrected chi connectivity index (χ3v) is 3.12. The summed E-state index contributed by atoms with van der Waals surface area (Å²) in [5, 5.41) is 0. The van der Waals surface area contributed by atoms with Gasteiger partial charge in [0, 0.05) is 16.9 Å². The molecule has 6 nitrogen and oxygen atoms in total. The smallest absolute Gasteiger partial charge is 0.276 e. The molecule has 0 aromatic rings. The van der Waals surface area contributed by atoms with E-state index in [1.807, 2.05) is 0 Å². The van der Waals surface area contributed by atoms with Crippen LogP contribution in [0.15, 0.2) is 27.6 Å². The second kappa shape index (κ2) is 4.99. The van der Waals surface area contributed by atoms with Gasteiger partial charge in [0.05, 0.1) is 4.86 Å². The largest absolute Gasteiger partial charge is 0.370 e. The van der Waals surface area contributed by atoms with Crippen molar-refractivity contribution in [1.82, 2.24) is 0 Å². The lowest BCUT2D eigenvalue weighted by atomic mass is 10.0. The van der Waals surface area contributed by atoms with Gasteiger partial charge in [-0.25, -0.2) is 0 Å². The lowest BCUT2D eigenvalue weighted by Gasteiger charge is -2.08. The van der Waals surface area contributed by atoms with Crippen LogP contribution >= 0.6 is 12.6 Å². The zero-order chi connectivity index (χ0) is 12.3. The fourth-order valence-corrected chi connectivity index (χ4v) is 1.96. The third-order valence-electron chi connectivity index (χ3n) is 1.79. The van der Waals surface area contributed by atoms with Gasteiger partial charge in [-0.1, -0.05) is 6.08 Å². The van der Waals surface area contributed by atoms with Crippen LogP contribution in [0.25, 0.3) is 0 Å². The van der Waals surface area contributed by atoms with Crippen LogP contribution in [0.5, 0.6) is 0 Å². The molecule has 0 atom stereocenters. The number of carbonyl (C=O) groups excluding carboxylic acids is 1. The van der Waals surface area contributed by atoms with Crippen LogP contribution in [-0.2, 0) is 15.1 Å². The number of aliphatic imine (C=N–C) groups is 1. The summed E-state index contributed by atoms with van der Waals surface area (Å²) in [6.45, 7) is 0. The number of rotatable bonds is 1. The van der Waals surface area contributed by atoms with Crippen molar-refractivity contribution in [3.8, 4) is 0 Å². The molecule has 0 aliphatic heterocycles. The number of nitrogens with zero attached hydrogens (tertiary/aromatic N) is 1. The summed E-state index contributed by atoms with van der Waals surface area (Å²) in [6, 6.07) is 0. The molecular formula is C8H9N3O3S2. The van der Waals surface area contributed by atoms with E-state index in [0.717, 1.165) is 0 Å². The molecular weight excluding hydrogens is 250 g/mol. The number of nitrogens with two attached hydrogens (primary N) is 2. The molecule has 4 N–H and O–H groups in total. The topological polar surface area (TPSA) is 116 Å². The molecule has 1 aliphatic carbocycles. The quantitative estimate of drug-likeness (QED) is 0.241. The van der Waals surface area contributed by atoms with Crippen molar-refractivity contribution in [1.29, 1.82) is 0 Å². The number of amides is 1. The van der Waals surface area contributed by atoms with E-state index >= 15 is 0 Å². The van der Waals surface area contributed by atoms with E-state index in [-0.39, 0.29) is 22.8 Å². The van der Waals surface area contributed by atoms with Gasteiger partial charge in [0.2, 0.25) is 10.3 Å². The molecule has 0 spiro atoms. The molecule has 86 valence electrons. The van der Waals surface area contributed by atoms with Crippen molar-refractivity contribution < 1.29 is 13.2 Å². The van der Waals surface area contributed by atoms with Crippen molar-refractivity contribution in [3.05, 3.63) is 22.6 Å². The van der Waals surface area contributed by atoms with E-state index in [0.29, 0.717) is 4.91 Å². The molecule has 0 fully saturated rings. The first-order chi connectivity index (χ1) is 7.41. The molecule has 0 radical (unpaired) electrons. The van der Waals surface area contributed by atoms with Crippen molar-refractivity contribution in [3.63, 3.8) is 0 Å². The highest BCUT2D eigenvalue weighted by atomic mass is 32.2. The van der Waals surface area contributed by atoms with Crippen LogP contribution in [0.3, 0.4) is 0 Å². The Morgan fingerprint density at radius 3 is 2.50 bits per heavy atom. The molecule has 16 heavy (non-hydrogen) atoms. The molecule has 0 bridgehead atoms. The summed E-state index contributed by atoms with van der Waals surface area (Å²) in [5.41, 5.74) is 10.3. The SMILES string of the molecule is NC(N)=NC(=O)C1=CC=C(S)C(=S(=O)=O)C1. The minimum atomic E-state index is -2.41. The Bertz CT molecular complexity index is 543. The van der Waals surface area contributed by atoms with E-state index in [2.05, 4.69) is 17.6 Å². The second-order valence-corrected chi connectivity index (χ2v) is 4.36. The highest BCUT2D eigenvalue weighted by molar-refractivity contribution is 7.88. The first kappa shape index (κ1) is 12.5. The number of hydrogen-bond donors (Lipinski definition) is 3. The molecule has 0 saturated carbocycles. The standard InChI is InChI=1S/C8H9N3O3S2/c9-8(10)11-7(12)4-1-2-5(15)6(3-4)16(13)14/h1-2,15H,3H2,(H4,9,10,11,12). The van der Waals surface area contributed by atoms with Gasteiger partial charge in [-0.05, 0) is 6.08 Å². The maximum atomic E-state index is 11.4. The number of guanidine groups is 1. The summed E-state index contributed by atoms with van der Waals surface area (Å²) >= 11 is 3.96. The van der Waals surface area contributed by atoms with Crippen molar-refractivity contribution in [2.24, 2.45) is 16.5 Å². The third kappa shape index (κ3) is 2.97. The molecule has 0 heterocycles. The predicted molar refractivity (Wildman–Crippen MR) is 64.5 cm³/mol. The van der Waals surface area contributed by atoms with Gasteiger partial charge in [-0.15, -0.1) is 12.6 Å². The number of allylic oxidation sites excluding steroid dienone is 3. The minimum absolute atomic E-state index is 0.0416. The lowest BCUT2D eigenvalue weighted by Crippen LogP contribution is -2.25. The van der Waals surface area contributed by atoms with E-state index in [1.165, 1.54) is 12.2 Å². The first-order valence-corrected chi connectivity index (χ1v) is 5.63. The summed E-state index contributed by atoms with van der Waals surface area (Å²) in [6.07, 6.45) is 2.79. The molecule has 1 amide bonds. The van der Waals surface area contributed by atoms with Crippen LogP contribution in [0.1, 0.15) is 6.42 Å². The van der Waals surface area contributed by atoms with E-state index < -0.39 is 16.2 Å². The predicted octanol–water partition coefficient (Wildman–Crippen LogP) is -1.02. The van der Waals surface area contributed by atoms with Crippen molar-refractivity contribution >= 4 is 39.7 Å². The number of thiol groups is 1. The Morgan fingerprint density at radius 1 is 1.38 bits per heavy atom. The fourth-order valence-electron chi connectivity index (χ4n) is 1.08. The Balaban J connectivity index is 3.10.